The minimum absolute atomic E-state index is 0.0650. The average Bonchev–Trinajstić information content (AvgIpc) is 3.18. The van der Waals surface area contributed by atoms with E-state index in [0.717, 1.165) is 75.5 Å². The predicted molar refractivity (Wildman–Crippen MR) is 247 cm³/mol. The lowest BCUT2D eigenvalue weighted by molar-refractivity contribution is -0.167. The van der Waals surface area contributed by atoms with E-state index in [1.54, 1.807) is 0 Å². The lowest BCUT2D eigenvalue weighted by Crippen LogP contribution is -2.30. The summed E-state index contributed by atoms with van der Waals surface area (Å²) in [5.74, 6) is 1.61. The van der Waals surface area contributed by atoms with Crippen LogP contribution in [-0.4, -0.2) is 37.2 Å². The van der Waals surface area contributed by atoms with Crippen molar-refractivity contribution in [2.45, 2.75) is 285 Å². The quantitative estimate of drug-likeness (QED) is 0.0346. The fraction of sp³-hybridized carbons (Fsp3) is 0.942. The molecule has 1 atom stereocenters. The SMILES string of the molecule is CC(C)CCCCCCCCCCCCCC(=O)OC[C@H](COC(=O)CCCCCCCCCCCC(C)C)OC(=O)CCCCCCCCCCCCCC(C)C. The molecule has 0 N–H and O–H groups in total. The Hall–Kier alpha value is -1.59. The highest BCUT2D eigenvalue weighted by atomic mass is 16.6. The molecule has 6 heteroatoms. The van der Waals surface area contributed by atoms with Crippen LogP contribution < -0.4 is 0 Å². The van der Waals surface area contributed by atoms with E-state index in [1.165, 1.54) is 161 Å². The van der Waals surface area contributed by atoms with E-state index in [2.05, 4.69) is 41.5 Å². The van der Waals surface area contributed by atoms with Crippen molar-refractivity contribution in [3.8, 4) is 0 Å². The zero-order valence-electron chi connectivity index (χ0n) is 39.8. The molecule has 0 heterocycles. The molecule has 0 saturated carbocycles. The third kappa shape index (κ3) is 45.5. The molecular formula is C52H100O6. The molecule has 0 aromatic rings. The Kier molecular flexibility index (Phi) is 42.3. The van der Waals surface area contributed by atoms with Gasteiger partial charge in [-0.25, -0.2) is 0 Å². The Morgan fingerprint density at radius 1 is 0.293 bits per heavy atom. The molecule has 0 aliphatic carbocycles. The maximum atomic E-state index is 12.8. The van der Waals surface area contributed by atoms with E-state index < -0.39 is 6.10 Å². The Bertz CT molecular complexity index is 898. The third-order valence-electron chi connectivity index (χ3n) is 11.6. The molecule has 0 unspecified atom stereocenters. The van der Waals surface area contributed by atoms with Gasteiger partial charge in [-0.05, 0) is 37.0 Å². The predicted octanol–water partition coefficient (Wildman–Crippen LogP) is 16.4. The molecule has 0 aromatic carbocycles. The molecule has 0 amide bonds. The second kappa shape index (κ2) is 43.5. The van der Waals surface area contributed by atoms with Crippen LogP contribution in [0.3, 0.4) is 0 Å². The van der Waals surface area contributed by atoms with Gasteiger partial charge in [0.25, 0.3) is 0 Å². The number of hydrogen-bond donors (Lipinski definition) is 0. The van der Waals surface area contributed by atoms with Crippen molar-refractivity contribution in [1.82, 2.24) is 0 Å². The lowest BCUT2D eigenvalue weighted by atomic mass is 10.0. The van der Waals surface area contributed by atoms with Gasteiger partial charge in [0.05, 0.1) is 0 Å². The summed E-state index contributed by atoms with van der Waals surface area (Å²) in [5.41, 5.74) is 0. The van der Waals surface area contributed by atoms with Gasteiger partial charge >= 0.3 is 17.9 Å². The molecule has 0 bridgehead atoms. The number of carbonyl (C=O) groups is 3. The minimum atomic E-state index is -0.762. The van der Waals surface area contributed by atoms with Gasteiger partial charge in [0.15, 0.2) is 6.10 Å². The standard InChI is InChI=1S/C52H100O6/c1-46(2)38-32-26-20-14-9-7-11-17-23-29-35-41-50(53)56-44-49(45-57-51(54)42-36-30-24-19-13-16-22-28-34-40-48(5)6)58-52(55)43-37-31-25-18-12-8-10-15-21-27-33-39-47(3)4/h46-49H,7-45H2,1-6H3/t49-/m1/s1. The largest absolute Gasteiger partial charge is 0.462 e. The molecule has 0 spiro atoms. The summed E-state index contributed by atoms with van der Waals surface area (Å²) < 4.78 is 16.8. The molecule has 0 fully saturated rings. The van der Waals surface area contributed by atoms with Crippen molar-refractivity contribution in [2.75, 3.05) is 13.2 Å². The molecule has 0 radical (unpaired) electrons. The highest BCUT2D eigenvalue weighted by Gasteiger charge is 2.19. The highest BCUT2D eigenvalue weighted by molar-refractivity contribution is 5.71. The molecular weight excluding hydrogens is 721 g/mol. The zero-order valence-corrected chi connectivity index (χ0v) is 39.8. The zero-order chi connectivity index (χ0) is 42.7. The van der Waals surface area contributed by atoms with Gasteiger partial charge in [-0.15, -0.1) is 0 Å². The normalized spacial score (nSPS) is 12.2. The smallest absolute Gasteiger partial charge is 0.306 e. The van der Waals surface area contributed by atoms with Crippen LogP contribution in [0.1, 0.15) is 279 Å². The van der Waals surface area contributed by atoms with E-state index in [0.29, 0.717) is 19.3 Å². The van der Waals surface area contributed by atoms with Gasteiger partial charge in [0.1, 0.15) is 13.2 Å². The van der Waals surface area contributed by atoms with Gasteiger partial charge in [-0.2, -0.15) is 0 Å². The van der Waals surface area contributed by atoms with Crippen molar-refractivity contribution in [1.29, 1.82) is 0 Å². The molecule has 0 aliphatic heterocycles. The summed E-state index contributed by atoms with van der Waals surface area (Å²) in [5, 5.41) is 0. The molecule has 58 heavy (non-hydrogen) atoms. The van der Waals surface area contributed by atoms with Crippen LogP contribution in [0.15, 0.2) is 0 Å². The van der Waals surface area contributed by atoms with Crippen molar-refractivity contribution in [2.24, 2.45) is 17.8 Å². The number of carbonyl (C=O) groups excluding carboxylic acids is 3. The molecule has 0 aromatic heterocycles. The van der Waals surface area contributed by atoms with E-state index in [-0.39, 0.29) is 31.1 Å². The number of esters is 3. The highest BCUT2D eigenvalue weighted by Crippen LogP contribution is 2.17. The maximum Gasteiger partial charge on any atom is 0.306 e. The van der Waals surface area contributed by atoms with Crippen LogP contribution in [-0.2, 0) is 28.6 Å². The number of ether oxygens (including phenoxy) is 3. The minimum Gasteiger partial charge on any atom is -0.462 e. The summed E-state index contributed by atoms with van der Waals surface area (Å²) in [6.45, 7) is 13.7. The van der Waals surface area contributed by atoms with Gasteiger partial charge in [0, 0.05) is 19.3 Å². The molecule has 6 nitrogen and oxygen atoms in total. The molecule has 344 valence electrons. The Morgan fingerprint density at radius 2 is 0.500 bits per heavy atom. The van der Waals surface area contributed by atoms with Gasteiger partial charge in [-0.3, -0.25) is 14.4 Å². The second-order valence-electron chi connectivity index (χ2n) is 19.2. The molecule has 0 rings (SSSR count). The van der Waals surface area contributed by atoms with Crippen LogP contribution in [0.25, 0.3) is 0 Å². The van der Waals surface area contributed by atoms with E-state index in [4.69, 9.17) is 14.2 Å². The summed E-state index contributed by atoms with van der Waals surface area (Å²) >= 11 is 0. The first-order valence-corrected chi connectivity index (χ1v) is 25.6. The Labute approximate surface area is 361 Å². The van der Waals surface area contributed by atoms with E-state index in [1.807, 2.05) is 0 Å². The third-order valence-corrected chi connectivity index (χ3v) is 11.6. The van der Waals surface area contributed by atoms with Crippen LogP contribution in [0.4, 0.5) is 0 Å². The van der Waals surface area contributed by atoms with Gasteiger partial charge in [-0.1, -0.05) is 241 Å². The summed E-state index contributed by atoms with van der Waals surface area (Å²) in [6.07, 6.45) is 42.3. The van der Waals surface area contributed by atoms with Crippen LogP contribution in [0.5, 0.6) is 0 Å². The first-order chi connectivity index (χ1) is 28.1. The van der Waals surface area contributed by atoms with Crippen molar-refractivity contribution >= 4 is 17.9 Å². The van der Waals surface area contributed by atoms with Crippen molar-refractivity contribution in [3.63, 3.8) is 0 Å². The fourth-order valence-corrected chi connectivity index (χ4v) is 7.76. The van der Waals surface area contributed by atoms with Crippen LogP contribution in [0, 0.1) is 17.8 Å². The Morgan fingerprint density at radius 3 is 0.741 bits per heavy atom. The second-order valence-corrected chi connectivity index (χ2v) is 19.2. The van der Waals surface area contributed by atoms with Crippen molar-refractivity contribution in [3.05, 3.63) is 0 Å². The molecule has 0 aliphatic rings. The van der Waals surface area contributed by atoms with Gasteiger partial charge < -0.3 is 14.2 Å². The maximum absolute atomic E-state index is 12.8. The topological polar surface area (TPSA) is 78.9 Å². The Balaban J connectivity index is 4.33. The monoisotopic (exact) mass is 821 g/mol. The average molecular weight is 821 g/mol. The summed E-state index contributed by atoms with van der Waals surface area (Å²) in [4.78, 5) is 37.9. The van der Waals surface area contributed by atoms with Crippen LogP contribution >= 0.6 is 0 Å². The summed E-state index contributed by atoms with van der Waals surface area (Å²) in [6, 6.07) is 0. The first-order valence-electron chi connectivity index (χ1n) is 25.6. The molecule has 0 saturated heterocycles. The number of rotatable bonds is 45. The fourth-order valence-electron chi connectivity index (χ4n) is 7.76. The van der Waals surface area contributed by atoms with Crippen LogP contribution in [0.2, 0.25) is 0 Å². The van der Waals surface area contributed by atoms with E-state index in [9.17, 15) is 14.4 Å². The lowest BCUT2D eigenvalue weighted by Gasteiger charge is -2.18. The first kappa shape index (κ1) is 56.4. The van der Waals surface area contributed by atoms with Gasteiger partial charge in [0.2, 0.25) is 0 Å². The number of hydrogen-bond acceptors (Lipinski definition) is 6. The summed E-state index contributed by atoms with van der Waals surface area (Å²) in [7, 11) is 0. The van der Waals surface area contributed by atoms with E-state index >= 15 is 0 Å². The number of unbranched alkanes of at least 4 members (excludes halogenated alkanes) is 28. The van der Waals surface area contributed by atoms with Crippen molar-refractivity contribution < 1.29 is 28.6 Å².